The maximum absolute atomic E-state index is 5.17. The van der Waals surface area contributed by atoms with Gasteiger partial charge in [0.05, 0.1) is 12.8 Å². The van der Waals surface area contributed by atoms with Crippen LogP contribution in [0.25, 0.3) is 5.69 Å². The first kappa shape index (κ1) is 16.1. The van der Waals surface area contributed by atoms with Crippen molar-refractivity contribution >= 4 is 11.9 Å². The molecule has 0 aliphatic rings. The molecule has 0 saturated heterocycles. The number of hydrogen-bond donors (Lipinski definition) is 0. The van der Waals surface area contributed by atoms with Gasteiger partial charge >= 0.3 is 0 Å². The van der Waals surface area contributed by atoms with Crippen LogP contribution >= 0.6 is 0 Å². The lowest BCUT2D eigenvalue weighted by Gasteiger charge is -2.10. The minimum atomic E-state index is 0.839. The second-order valence-electron chi connectivity index (χ2n) is 5.96. The maximum atomic E-state index is 5.17. The molecule has 0 spiro atoms. The van der Waals surface area contributed by atoms with Crippen molar-refractivity contribution in [3.05, 3.63) is 77.1 Å². The molecule has 1 heterocycles. The van der Waals surface area contributed by atoms with Crippen LogP contribution in [0.3, 0.4) is 0 Å². The molecule has 3 rings (SSSR count). The highest BCUT2D eigenvalue weighted by molar-refractivity contribution is 5.84. The fraction of sp³-hybridized carbons (Fsp3) is 0.190. The number of aliphatic imine (C=N–C) groups is 1. The van der Waals surface area contributed by atoms with Crippen molar-refractivity contribution in [2.24, 2.45) is 4.99 Å². The molecule has 0 bridgehead atoms. The summed E-state index contributed by atoms with van der Waals surface area (Å²) in [5.41, 5.74) is 6.88. The molecule has 3 aromatic rings. The minimum Gasteiger partial charge on any atom is -0.497 e. The molecule has 3 heteroatoms. The Labute approximate surface area is 143 Å². The molecule has 0 amide bonds. The summed E-state index contributed by atoms with van der Waals surface area (Å²) in [6, 6.07) is 18.5. The van der Waals surface area contributed by atoms with E-state index in [1.54, 1.807) is 7.11 Å². The normalized spacial score (nSPS) is 11.2. The molecule has 1 aromatic heterocycles. The first-order valence-electron chi connectivity index (χ1n) is 8.02. The van der Waals surface area contributed by atoms with Crippen LogP contribution in [0, 0.1) is 20.8 Å². The molecule has 24 heavy (non-hydrogen) atoms. The van der Waals surface area contributed by atoms with Gasteiger partial charge in [-0.2, -0.15) is 0 Å². The van der Waals surface area contributed by atoms with E-state index in [4.69, 9.17) is 4.74 Å². The predicted octanol–water partition coefficient (Wildman–Crippen LogP) is 5.16. The van der Waals surface area contributed by atoms with Crippen LogP contribution in [0.4, 0.5) is 5.69 Å². The average Bonchev–Trinajstić information content (AvgIpc) is 2.87. The van der Waals surface area contributed by atoms with Crippen LogP contribution in [0.15, 0.2) is 59.6 Å². The van der Waals surface area contributed by atoms with Gasteiger partial charge in [-0.1, -0.05) is 12.1 Å². The Morgan fingerprint density at radius 2 is 1.71 bits per heavy atom. The van der Waals surface area contributed by atoms with Gasteiger partial charge in [0, 0.05) is 28.9 Å². The molecule has 0 atom stereocenters. The predicted molar refractivity (Wildman–Crippen MR) is 100 cm³/mol. The lowest BCUT2D eigenvalue weighted by atomic mass is 10.2. The fourth-order valence-electron chi connectivity index (χ4n) is 2.90. The van der Waals surface area contributed by atoms with Gasteiger partial charge < -0.3 is 9.30 Å². The molecule has 0 aliphatic carbocycles. The molecule has 2 aromatic carbocycles. The van der Waals surface area contributed by atoms with Gasteiger partial charge in [-0.3, -0.25) is 4.99 Å². The highest BCUT2D eigenvalue weighted by Gasteiger charge is 2.09. The molecule has 0 radical (unpaired) electrons. The third kappa shape index (κ3) is 3.25. The second-order valence-corrected chi connectivity index (χ2v) is 5.96. The molecule has 0 saturated carbocycles. The monoisotopic (exact) mass is 318 g/mol. The Bertz CT molecular complexity index is 873. The molecular formula is C21H22N2O. The summed E-state index contributed by atoms with van der Waals surface area (Å²) in [5, 5.41) is 0. The zero-order chi connectivity index (χ0) is 17.1. The van der Waals surface area contributed by atoms with Crippen molar-refractivity contribution in [2.45, 2.75) is 20.8 Å². The van der Waals surface area contributed by atoms with Crippen molar-refractivity contribution < 1.29 is 4.74 Å². The van der Waals surface area contributed by atoms with Gasteiger partial charge in [0.25, 0.3) is 0 Å². The Balaban J connectivity index is 1.92. The number of benzene rings is 2. The van der Waals surface area contributed by atoms with Gasteiger partial charge in [0.15, 0.2) is 0 Å². The van der Waals surface area contributed by atoms with E-state index in [9.17, 15) is 0 Å². The number of methoxy groups -OCH3 is 1. The first-order valence-corrected chi connectivity index (χ1v) is 8.02. The van der Waals surface area contributed by atoms with Gasteiger partial charge in [0.1, 0.15) is 5.75 Å². The Kier molecular flexibility index (Phi) is 4.52. The van der Waals surface area contributed by atoms with Crippen LogP contribution in [-0.4, -0.2) is 17.9 Å². The van der Waals surface area contributed by atoms with E-state index < -0.39 is 0 Å². The van der Waals surface area contributed by atoms with Crippen LogP contribution in [-0.2, 0) is 0 Å². The summed E-state index contributed by atoms with van der Waals surface area (Å²) in [7, 11) is 1.67. The quantitative estimate of drug-likeness (QED) is 0.610. The third-order valence-electron chi connectivity index (χ3n) is 4.16. The van der Waals surface area contributed by atoms with Crippen LogP contribution in [0.5, 0.6) is 5.75 Å². The third-order valence-corrected chi connectivity index (χ3v) is 4.16. The van der Waals surface area contributed by atoms with E-state index in [0.29, 0.717) is 0 Å². The van der Waals surface area contributed by atoms with Crippen LogP contribution in [0.2, 0.25) is 0 Å². The number of aromatic nitrogens is 1. The molecule has 0 fully saturated rings. The number of ether oxygens (including phenoxy) is 1. The van der Waals surface area contributed by atoms with E-state index in [2.05, 4.69) is 60.7 Å². The summed E-state index contributed by atoms with van der Waals surface area (Å²) in [6.07, 6.45) is 1.93. The topological polar surface area (TPSA) is 26.5 Å². The highest BCUT2D eigenvalue weighted by atomic mass is 16.5. The number of aryl methyl sites for hydroxylation is 2. The van der Waals surface area contributed by atoms with Gasteiger partial charge in [-0.25, -0.2) is 0 Å². The standard InChI is InChI=1S/C21H22N2O/c1-15-6-5-7-20(12-15)23-16(2)13-18(17(23)3)14-22-19-8-10-21(24-4)11-9-19/h5-14H,1-4H3. The van der Waals surface area contributed by atoms with E-state index in [1.807, 2.05) is 30.5 Å². The minimum absolute atomic E-state index is 0.839. The molecule has 0 N–H and O–H groups in total. The van der Waals surface area contributed by atoms with Crippen molar-refractivity contribution in [3.63, 3.8) is 0 Å². The maximum Gasteiger partial charge on any atom is 0.119 e. The van der Waals surface area contributed by atoms with Crippen LogP contribution in [0.1, 0.15) is 22.5 Å². The zero-order valence-electron chi connectivity index (χ0n) is 14.6. The van der Waals surface area contributed by atoms with Crippen molar-refractivity contribution in [1.82, 2.24) is 4.57 Å². The van der Waals surface area contributed by atoms with Gasteiger partial charge in [-0.15, -0.1) is 0 Å². The second kappa shape index (κ2) is 6.75. The largest absolute Gasteiger partial charge is 0.497 e. The first-order chi connectivity index (χ1) is 11.6. The van der Waals surface area contributed by atoms with Crippen molar-refractivity contribution in [2.75, 3.05) is 7.11 Å². The van der Waals surface area contributed by atoms with Crippen LogP contribution < -0.4 is 4.74 Å². The van der Waals surface area contributed by atoms with Crippen molar-refractivity contribution in [1.29, 1.82) is 0 Å². The number of hydrogen-bond acceptors (Lipinski definition) is 2. The summed E-state index contributed by atoms with van der Waals surface area (Å²) < 4.78 is 7.44. The molecule has 0 unspecified atom stereocenters. The van der Waals surface area contributed by atoms with Gasteiger partial charge in [-0.05, 0) is 68.8 Å². The zero-order valence-corrected chi connectivity index (χ0v) is 14.6. The molecule has 3 nitrogen and oxygen atoms in total. The number of rotatable bonds is 4. The van der Waals surface area contributed by atoms with Crippen molar-refractivity contribution in [3.8, 4) is 11.4 Å². The highest BCUT2D eigenvalue weighted by Crippen LogP contribution is 2.22. The Morgan fingerprint density at radius 3 is 2.38 bits per heavy atom. The summed E-state index contributed by atoms with van der Waals surface area (Å²) >= 11 is 0. The molecule has 0 aliphatic heterocycles. The average molecular weight is 318 g/mol. The van der Waals surface area contributed by atoms with E-state index in [-0.39, 0.29) is 0 Å². The van der Waals surface area contributed by atoms with Gasteiger partial charge in [0.2, 0.25) is 0 Å². The van der Waals surface area contributed by atoms with E-state index in [1.165, 1.54) is 22.6 Å². The summed E-state index contributed by atoms with van der Waals surface area (Å²) in [5.74, 6) is 0.839. The van der Waals surface area contributed by atoms with E-state index in [0.717, 1.165) is 17.0 Å². The Hall–Kier alpha value is -2.81. The Morgan fingerprint density at radius 1 is 0.958 bits per heavy atom. The van der Waals surface area contributed by atoms with E-state index >= 15 is 0 Å². The summed E-state index contributed by atoms with van der Waals surface area (Å²) in [6.45, 7) is 6.37. The SMILES string of the molecule is COc1ccc(N=Cc2cc(C)n(-c3cccc(C)c3)c2C)cc1. The lowest BCUT2D eigenvalue weighted by Crippen LogP contribution is -1.99. The number of nitrogens with zero attached hydrogens (tertiary/aromatic N) is 2. The smallest absolute Gasteiger partial charge is 0.119 e. The lowest BCUT2D eigenvalue weighted by molar-refractivity contribution is 0.415. The molecular weight excluding hydrogens is 296 g/mol. The molecule has 122 valence electrons. The summed E-state index contributed by atoms with van der Waals surface area (Å²) in [4.78, 5) is 4.58. The fourth-order valence-corrected chi connectivity index (χ4v) is 2.90.